The fourth-order valence-electron chi connectivity index (χ4n) is 3.39. The molecule has 1 N–H and O–H groups in total. The summed E-state index contributed by atoms with van der Waals surface area (Å²) in [6.07, 6.45) is 3.46. The Morgan fingerprint density at radius 3 is 2.79 bits per heavy atom. The Hall–Kier alpha value is -2.80. The van der Waals surface area contributed by atoms with Gasteiger partial charge in [-0.1, -0.05) is 29.5 Å². The van der Waals surface area contributed by atoms with Crippen LogP contribution in [0.3, 0.4) is 0 Å². The summed E-state index contributed by atoms with van der Waals surface area (Å²) in [6, 6.07) is 16.0. The van der Waals surface area contributed by atoms with Crippen molar-refractivity contribution in [3.05, 3.63) is 66.1 Å². The molecular formula is C22H24N4O2S. The van der Waals surface area contributed by atoms with E-state index in [2.05, 4.69) is 51.6 Å². The minimum Gasteiger partial charge on any atom is -0.467 e. The van der Waals surface area contributed by atoms with E-state index >= 15 is 0 Å². The first-order valence-corrected chi connectivity index (χ1v) is 10.6. The van der Waals surface area contributed by atoms with Crippen LogP contribution in [0.1, 0.15) is 24.2 Å². The van der Waals surface area contributed by atoms with Crippen molar-refractivity contribution in [2.75, 3.05) is 18.0 Å². The number of aryl methyl sites for hydroxylation is 1. The largest absolute Gasteiger partial charge is 0.467 e. The van der Waals surface area contributed by atoms with Crippen LogP contribution in [-0.2, 0) is 11.3 Å². The summed E-state index contributed by atoms with van der Waals surface area (Å²) < 4.78 is 5.28. The van der Waals surface area contributed by atoms with Crippen LogP contribution in [0.5, 0.6) is 0 Å². The molecule has 1 saturated heterocycles. The Morgan fingerprint density at radius 2 is 2.07 bits per heavy atom. The average molecular weight is 409 g/mol. The molecule has 1 amide bonds. The van der Waals surface area contributed by atoms with E-state index < -0.39 is 0 Å². The first kappa shape index (κ1) is 19.5. The zero-order valence-electron chi connectivity index (χ0n) is 16.4. The first-order valence-electron chi connectivity index (χ1n) is 9.81. The van der Waals surface area contributed by atoms with Gasteiger partial charge in [0.1, 0.15) is 10.8 Å². The Balaban J connectivity index is 1.34. The minimum absolute atomic E-state index is 0.0536. The minimum atomic E-state index is -0.0536. The highest BCUT2D eigenvalue weighted by molar-refractivity contribution is 7.99. The lowest BCUT2D eigenvalue weighted by Crippen LogP contribution is -2.43. The molecule has 3 aromatic rings. The van der Waals surface area contributed by atoms with Gasteiger partial charge in [-0.3, -0.25) is 4.79 Å². The monoisotopic (exact) mass is 408 g/mol. The molecule has 0 unspecified atom stereocenters. The number of furan rings is 1. The van der Waals surface area contributed by atoms with Gasteiger partial charge in [0.2, 0.25) is 5.91 Å². The number of aromatic nitrogens is 2. The third kappa shape index (κ3) is 5.17. The topological polar surface area (TPSA) is 71.3 Å². The second-order valence-corrected chi connectivity index (χ2v) is 8.32. The van der Waals surface area contributed by atoms with Crippen molar-refractivity contribution in [2.24, 2.45) is 5.92 Å². The molecule has 0 spiro atoms. The van der Waals surface area contributed by atoms with Gasteiger partial charge in [0.05, 0.1) is 18.7 Å². The van der Waals surface area contributed by atoms with Gasteiger partial charge in [-0.2, -0.15) is 0 Å². The SMILES string of the molecule is Cc1ccc(Sc2ccc(N3CCC[C@H](C(=O)NCc4ccco4)C3)nn2)cc1. The number of carbonyl (C=O) groups is 1. The number of hydrogen-bond donors (Lipinski definition) is 1. The van der Waals surface area contributed by atoms with Crippen molar-refractivity contribution in [2.45, 2.75) is 36.2 Å². The zero-order chi connectivity index (χ0) is 20.1. The van der Waals surface area contributed by atoms with Crippen molar-refractivity contribution < 1.29 is 9.21 Å². The maximum absolute atomic E-state index is 12.5. The molecule has 1 fully saturated rings. The van der Waals surface area contributed by atoms with Gasteiger partial charge in [-0.25, -0.2) is 0 Å². The van der Waals surface area contributed by atoms with Crippen LogP contribution in [0.25, 0.3) is 0 Å². The lowest BCUT2D eigenvalue weighted by atomic mass is 9.97. The number of amides is 1. The van der Waals surface area contributed by atoms with Gasteiger partial charge in [-0.05, 0) is 56.2 Å². The molecule has 0 bridgehead atoms. The molecule has 7 heteroatoms. The summed E-state index contributed by atoms with van der Waals surface area (Å²) in [5.74, 6) is 1.59. The number of piperidine rings is 1. The van der Waals surface area contributed by atoms with Crippen molar-refractivity contribution in [1.82, 2.24) is 15.5 Å². The highest BCUT2D eigenvalue weighted by Crippen LogP contribution is 2.27. The number of hydrogen-bond acceptors (Lipinski definition) is 6. The summed E-state index contributed by atoms with van der Waals surface area (Å²) in [4.78, 5) is 15.8. The summed E-state index contributed by atoms with van der Waals surface area (Å²) in [5.41, 5.74) is 1.24. The van der Waals surface area contributed by atoms with Crippen molar-refractivity contribution in [1.29, 1.82) is 0 Å². The van der Waals surface area contributed by atoms with E-state index in [1.807, 2.05) is 24.3 Å². The van der Waals surface area contributed by atoms with E-state index in [4.69, 9.17) is 4.42 Å². The quantitative estimate of drug-likeness (QED) is 0.663. The normalized spacial score (nSPS) is 16.6. The first-order chi connectivity index (χ1) is 14.2. The highest BCUT2D eigenvalue weighted by Gasteiger charge is 2.26. The fourth-order valence-corrected chi connectivity index (χ4v) is 4.13. The highest BCUT2D eigenvalue weighted by atomic mass is 32.2. The Kier molecular flexibility index (Phi) is 6.14. The maximum atomic E-state index is 12.5. The summed E-state index contributed by atoms with van der Waals surface area (Å²) in [6.45, 7) is 4.05. The van der Waals surface area contributed by atoms with Gasteiger partial charge in [0.25, 0.3) is 0 Å². The standard InChI is InChI=1S/C22H24N4O2S/c1-16-6-8-19(9-7-16)29-21-11-10-20(24-25-21)26-12-2-4-17(15-26)22(27)23-14-18-5-3-13-28-18/h3,5-11,13,17H,2,4,12,14-15H2,1H3,(H,23,27)/t17-/m0/s1. The zero-order valence-corrected chi connectivity index (χ0v) is 17.2. The molecule has 1 atom stereocenters. The van der Waals surface area contributed by atoms with Crippen LogP contribution in [0.15, 0.2) is 69.1 Å². The second kappa shape index (κ2) is 9.13. The van der Waals surface area contributed by atoms with Gasteiger partial charge >= 0.3 is 0 Å². The molecule has 6 nitrogen and oxygen atoms in total. The lowest BCUT2D eigenvalue weighted by Gasteiger charge is -2.32. The third-order valence-corrected chi connectivity index (χ3v) is 5.94. The molecule has 0 aliphatic carbocycles. The smallest absolute Gasteiger partial charge is 0.225 e. The number of nitrogens with zero attached hydrogens (tertiary/aromatic N) is 3. The molecule has 4 rings (SSSR count). The molecule has 150 valence electrons. The number of nitrogens with one attached hydrogen (secondary N) is 1. The molecule has 1 aliphatic rings. The Labute approximate surface area is 174 Å². The average Bonchev–Trinajstić information content (AvgIpc) is 3.28. The predicted octanol–water partition coefficient (Wildman–Crippen LogP) is 4.06. The fraction of sp³-hybridized carbons (Fsp3) is 0.318. The molecule has 1 aromatic carbocycles. The van der Waals surface area contributed by atoms with E-state index in [-0.39, 0.29) is 11.8 Å². The van der Waals surface area contributed by atoms with E-state index in [1.165, 1.54) is 5.56 Å². The molecule has 2 aromatic heterocycles. The van der Waals surface area contributed by atoms with Crippen molar-refractivity contribution in [3.8, 4) is 0 Å². The summed E-state index contributed by atoms with van der Waals surface area (Å²) >= 11 is 1.60. The van der Waals surface area contributed by atoms with Crippen molar-refractivity contribution >= 4 is 23.5 Å². The van der Waals surface area contributed by atoms with Gasteiger partial charge in [-0.15, -0.1) is 10.2 Å². The molecular weight excluding hydrogens is 384 g/mol. The third-order valence-electron chi connectivity index (χ3n) is 5.00. The molecule has 29 heavy (non-hydrogen) atoms. The second-order valence-electron chi connectivity index (χ2n) is 7.23. The predicted molar refractivity (Wildman–Crippen MR) is 113 cm³/mol. The Bertz CT molecular complexity index is 926. The van der Waals surface area contributed by atoms with Crippen LogP contribution in [0, 0.1) is 12.8 Å². The summed E-state index contributed by atoms with van der Waals surface area (Å²) in [5, 5.41) is 12.6. The van der Waals surface area contributed by atoms with Crippen LogP contribution in [0.2, 0.25) is 0 Å². The van der Waals surface area contributed by atoms with Crippen LogP contribution in [0.4, 0.5) is 5.82 Å². The van der Waals surface area contributed by atoms with E-state index in [9.17, 15) is 4.79 Å². The van der Waals surface area contributed by atoms with E-state index in [0.29, 0.717) is 13.1 Å². The van der Waals surface area contributed by atoms with Crippen LogP contribution >= 0.6 is 11.8 Å². The molecule has 3 heterocycles. The molecule has 1 aliphatic heterocycles. The number of benzene rings is 1. The number of carbonyl (C=O) groups excluding carboxylic acids is 1. The molecule has 0 saturated carbocycles. The number of anilines is 1. The maximum Gasteiger partial charge on any atom is 0.225 e. The van der Waals surface area contributed by atoms with Crippen LogP contribution in [-0.4, -0.2) is 29.2 Å². The van der Waals surface area contributed by atoms with Gasteiger partial charge in [0, 0.05) is 18.0 Å². The van der Waals surface area contributed by atoms with Gasteiger partial charge in [0.15, 0.2) is 5.82 Å². The lowest BCUT2D eigenvalue weighted by molar-refractivity contribution is -0.125. The van der Waals surface area contributed by atoms with E-state index in [0.717, 1.165) is 40.9 Å². The van der Waals surface area contributed by atoms with E-state index in [1.54, 1.807) is 18.0 Å². The summed E-state index contributed by atoms with van der Waals surface area (Å²) in [7, 11) is 0. The van der Waals surface area contributed by atoms with Crippen molar-refractivity contribution in [3.63, 3.8) is 0 Å². The van der Waals surface area contributed by atoms with Gasteiger partial charge < -0.3 is 14.6 Å². The number of rotatable bonds is 6. The Morgan fingerprint density at radius 1 is 1.21 bits per heavy atom. The molecule has 0 radical (unpaired) electrons. The van der Waals surface area contributed by atoms with Crippen LogP contribution < -0.4 is 10.2 Å².